The number of rotatable bonds is 5. The van der Waals surface area contributed by atoms with Gasteiger partial charge in [0.15, 0.2) is 6.10 Å². The molecule has 1 aromatic carbocycles. The lowest BCUT2D eigenvalue weighted by Crippen LogP contribution is -2.33. The maximum atomic E-state index is 12.2. The molecule has 0 radical (unpaired) electrons. The molecule has 0 aliphatic carbocycles. The summed E-state index contributed by atoms with van der Waals surface area (Å²) in [5.41, 5.74) is 0.594. The van der Waals surface area contributed by atoms with Crippen LogP contribution in [0.1, 0.15) is 12.0 Å². The summed E-state index contributed by atoms with van der Waals surface area (Å²) in [7, 11) is 0. The highest BCUT2D eigenvalue weighted by Gasteiger charge is 2.40. The summed E-state index contributed by atoms with van der Waals surface area (Å²) in [4.78, 5) is 11.0. The average Bonchev–Trinajstić information content (AvgIpc) is 2.26. The molecule has 2 N–H and O–H groups in total. The van der Waals surface area contributed by atoms with Crippen molar-refractivity contribution in [2.24, 2.45) is 5.92 Å². The largest absolute Gasteiger partial charge is 0.481 e. The Hall–Kier alpha value is -1.08. The van der Waals surface area contributed by atoms with Gasteiger partial charge in [0.2, 0.25) is 0 Å². The van der Waals surface area contributed by atoms with Crippen molar-refractivity contribution in [1.82, 2.24) is 0 Å². The molecule has 0 fully saturated rings. The van der Waals surface area contributed by atoms with E-state index >= 15 is 0 Å². The predicted octanol–water partition coefficient (Wildman–Crippen LogP) is 3.01. The zero-order valence-electron chi connectivity index (χ0n) is 9.69. The lowest BCUT2D eigenvalue weighted by atomic mass is 9.93. The summed E-state index contributed by atoms with van der Waals surface area (Å²) >= 11 is 3.19. The van der Waals surface area contributed by atoms with E-state index in [4.69, 9.17) is 10.2 Å². The molecule has 0 spiro atoms. The van der Waals surface area contributed by atoms with Crippen LogP contribution in [0, 0.1) is 5.92 Å². The number of carboxylic acids is 1. The normalized spacial score (nSPS) is 15.0. The van der Waals surface area contributed by atoms with Gasteiger partial charge in [0.1, 0.15) is 0 Å². The molecule has 0 heterocycles. The number of aliphatic hydroxyl groups excluding tert-OH is 1. The van der Waals surface area contributed by atoms with Gasteiger partial charge in [-0.3, -0.25) is 4.79 Å². The number of hydrogen-bond donors (Lipinski definition) is 2. The molecule has 0 saturated heterocycles. The highest BCUT2D eigenvalue weighted by atomic mass is 79.9. The van der Waals surface area contributed by atoms with Crippen LogP contribution in [-0.2, 0) is 11.2 Å². The second kappa shape index (κ2) is 6.38. The molecule has 2 unspecified atom stereocenters. The van der Waals surface area contributed by atoms with Crippen molar-refractivity contribution in [3.05, 3.63) is 34.3 Å². The first-order valence-electron chi connectivity index (χ1n) is 5.42. The molecule has 0 aliphatic heterocycles. The van der Waals surface area contributed by atoms with E-state index in [1.165, 1.54) is 0 Å². The first-order valence-corrected chi connectivity index (χ1v) is 6.21. The highest BCUT2D eigenvalue weighted by molar-refractivity contribution is 9.10. The Morgan fingerprint density at radius 3 is 2.47 bits per heavy atom. The summed E-state index contributed by atoms with van der Waals surface area (Å²) in [5.74, 6) is -2.64. The van der Waals surface area contributed by atoms with Crippen LogP contribution in [0.15, 0.2) is 28.7 Å². The summed E-state index contributed by atoms with van der Waals surface area (Å²) in [5, 5.41) is 17.9. The first kappa shape index (κ1) is 16.0. The van der Waals surface area contributed by atoms with Crippen LogP contribution >= 0.6 is 15.9 Å². The van der Waals surface area contributed by atoms with Crippen LogP contribution in [-0.4, -0.2) is 28.5 Å². The SMILES string of the molecule is O=C(O)C(Cc1cccc(Br)c1)CC(O)C(F)(F)F. The predicted molar refractivity (Wildman–Crippen MR) is 65.7 cm³/mol. The van der Waals surface area contributed by atoms with Crippen molar-refractivity contribution in [3.63, 3.8) is 0 Å². The van der Waals surface area contributed by atoms with Gasteiger partial charge in [0.25, 0.3) is 0 Å². The number of aliphatic carboxylic acids is 1. The molecule has 7 heteroatoms. The Balaban J connectivity index is 2.77. The van der Waals surface area contributed by atoms with Crippen LogP contribution in [0.3, 0.4) is 0 Å². The van der Waals surface area contributed by atoms with E-state index in [0.717, 1.165) is 0 Å². The van der Waals surface area contributed by atoms with Gasteiger partial charge in [-0.05, 0) is 30.5 Å². The lowest BCUT2D eigenvalue weighted by molar-refractivity contribution is -0.209. The summed E-state index contributed by atoms with van der Waals surface area (Å²) in [6, 6.07) is 6.65. The van der Waals surface area contributed by atoms with Crippen LogP contribution in [0.2, 0.25) is 0 Å². The zero-order valence-corrected chi connectivity index (χ0v) is 11.3. The Kier molecular flexibility index (Phi) is 5.37. The number of aliphatic hydroxyl groups is 1. The number of carbonyl (C=O) groups is 1. The monoisotopic (exact) mass is 340 g/mol. The van der Waals surface area contributed by atoms with Gasteiger partial charge in [-0.2, -0.15) is 13.2 Å². The third-order valence-electron chi connectivity index (χ3n) is 2.61. The van der Waals surface area contributed by atoms with Gasteiger partial charge < -0.3 is 10.2 Å². The van der Waals surface area contributed by atoms with Gasteiger partial charge in [-0.15, -0.1) is 0 Å². The molecule has 0 saturated carbocycles. The van der Waals surface area contributed by atoms with Gasteiger partial charge in [0.05, 0.1) is 5.92 Å². The fourth-order valence-corrected chi connectivity index (χ4v) is 2.07. The fraction of sp³-hybridized carbons (Fsp3) is 0.417. The molecule has 1 aromatic rings. The van der Waals surface area contributed by atoms with E-state index in [0.29, 0.717) is 10.0 Å². The van der Waals surface area contributed by atoms with Crippen molar-refractivity contribution in [1.29, 1.82) is 0 Å². The van der Waals surface area contributed by atoms with E-state index in [1.54, 1.807) is 24.3 Å². The molecule has 0 amide bonds. The van der Waals surface area contributed by atoms with Crippen molar-refractivity contribution in [3.8, 4) is 0 Å². The van der Waals surface area contributed by atoms with Crippen molar-refractivity contribution in [2.45, 2.75) is 25.1 Å². The molecule has 0 aromatic heterocycles. The van der Waals surface area contributed by atoms with Gasteiger partial charge >= 0.3 is 12.1 Å². The van der Waals surface area contributed by atoms with Crippen LogP contribution < -0.4 is 0 Å². The molecule has 0 aliphatic rings. The van der Waals surface area contributed by atoms with Crippen molar-refractivity contribution in [2.75, 3.05) is 0 Å². The first-order chi connectivity index (χ1) is 8.70. The molecule has 3 nitrogen and oxygen atoms in total. The maximum absolute atomic E-state index is 12.2. The molecular formula is C12H12BrF3O3. The van der Waals surface area contributed by atoms with Crippen LogP contribution in [0.5, 0.6) is 0 Å². The van der Waals surface area contributed by atoms with E-state index in [9.17, 15) is 18.0 Å². The molecular weight excluding hydrogens is 329 g/mol. The van der Waals surface area contributed by atoms with Crippen LogP contribution in [0.4, 0.5) is 13.2 Å². The molecule has 0 bridgehead atoms. The smallest absolute Gasteiger partial charge is 0.414 e. The lowest BCUT2D eigenvalue weighted by Gasteiger charge is -2.19. The van der Waals surface area contributed by atoms with E-state index < -0.39 is 30.6 Å². The van der Waals surface area contributed by atoms with E-state index in [1.807, 2.05) is 0 Å². The van der Waals surface area contributed by atoms with Crippen LogP contribution in [0.25, 0.3) is 0 Å². The number of benzene rings is 1. The van der Waals surface area contributed by atoms with Gasteiger partial charge in [-0.25, -0.2) is 0 Å². The number of hydrogen-bond acceptors (Lipinski definition) is 2. The minimum atomic E-state index is -4.80. The number of carboxylic acid groups (broad SMARTS) is 1. The second-order valence-electron chi connectivity index (χ2n) is 4.16. The van der Waals surface area contributed by atoms with Gasteiger partial charge in [-0.1, -0.05) is 28.1 Å². The molecule has 1 rings (SSSR count). The summed E-state index contributed by atoms with van der Waals surface area (Å²) < 4.78 is 37.4. The minimum Gasteiger partial charge on any atom is -0.481 e. The highest BCUT2D eigenvalue weighted by Crippen LogP contribution is 2.27. The maximum Gasteiger partial charge on any atom is 0.414 e. The Bertz CT molecular complexity index is 448. The van der Waals surface area contributed by atoms with E-state index in [2.05, 4.69) is 15.9 Å². The minimum absolute atomic E-state index is 0.0675. The molecule has 2 atom stereocenters. The number of halogens is 4. The second-order valence-corrected chi connectivity index (χ2v) is 5.08. The summed E-state index contributed by atoms with van der Waals surface area (Å²) in [6.45, 7) is 0. The Morgan fingerprint density at radius 2 is 2.00 bits per heavy atom. The zero-order chi connectivity index (χ0) is 14.6. The topological polar surface area (TPSA) is 57.5 Å². The Labute approximate surface area is 116 Å². The third kappa shape index (κ3) is 5.20. The fourth-order valence-electron chi connectivity index (χ4n) is 1.62. The third-order valence-corrected chi connectivity index (χ3v) is 3.10. The van der Waals surface area contributed by atoms with Crippen molar-refractivity contribution < 1.29 is 28.2 Å². The standard InChI is InChI=1S/C12H12BrF3O3/c13-9-3-1-2-7(5-9)4-8(11(18)19)6-10(17)12(14,15)16/h1-3,5,8,10,17H,4,6H2,(H,18,19). The Morgan fingerprint density at radius 1 is 1.37 bits per heavy atom. The quantitative estimate of drug-likeness (QED) is 0.866. The van der Waals surface area contributed by atoms with Gasteiger partial charge in [0, 0.05) is 4.47 Å². The van der Waals surface area contributed by atoms with Crippen molar-refractivity contribution >= 4 is 21.9 Å². The summed E-state index contributed by atoms with van der Waals surface area (Å²) in [6.07, 6.45) is -8.35. The van der Waals surface area contributed by atoms with E-state index in [-0.39, 0.29) is 6.42 Å². The average molecular weight is 341 g/mol. The molecule has 106 valence electrons. The number of alkyl halides is 3. The molecule has 19 heavy (non-hydrogen) atoms.